The summed E-state index contributed by atoms with van der Waals surface area (Å²) in [7, 11) is 1.62. The van der Waals surface area contributed by atoms with Crippen LogP contribution in [0.5, 0.6) is 0 Å². The molecule has 0 aromatic carbocycles. The molecule has 0 spiro atoms. The summed E-state index contributed by atoms with van der Waals surface area (Å²) < 4.78 is 4.92. The third-order valence-electron chi connectivity index (χ3n) is 4.91. The SMILES string of the molecule is COCCNC(=O)N1CCN(CC(=O)N[C@H]2CCC[C@@H](C)C2)CC1. The zero-order valence-corrected chi connectivity index (χ0v) is 15.1. The highest BCUT2D eigenvalue weighted by molar-refractivity contribution is 5.78. The molecule has 0 aromatic rings. The second kappa shape index (κ2) is 9.84. The maximum Gasteiger partial charge on any atom is 0.317 e. The van der Waals surface area contributed by atoms with Crippen LogP contribution in [0.2, 0.25) is 0 Å². The average molecular weight is 340 g/mol. The van der Waals surface area contributed by atoms with Crippen LogP contribution in [0.4, 0.5) is 4.79 Å². The van der Waals surface area contributed by atoms with Gasteiger partial charge in [-0.3, -0.25) is 9.69 Å². The summed E-state index contributed by atoms with van der Waals surface area (Å²) in [5.74, 6) is 0.830. The van der Waals surface area contributed by atoms with Crippen molar-refractivity contribution in [3.05, 3.63) is 0 Å². The fourth-order valence-electron chi connectivity index (χ4n) is 3.52. The Labute approximate surface area is 145 Å². The summed E-state index contributed by atoms with van der Waals surface area (Å²) in [6, 6.07) is 0.293. The van der Waals surface area contributed by atoms with Crippen molar-refractivity contribution in [2.45, 2.75) is 38.6 Å². The number of piperazine rings is 1. The van der Waals surface area contributed by atoms with Crippen molar-refractivity contribution in [2.24, 2.45) is 5.92 Å². The molecule has 2 aliphatic rings. The Bertz CT molecular complexity index is 411. The van der Waals surface area contributed by atoms with Gasteiger partial charge >= 0.3 is 6.03 Å². The van der Waals surface area contributed by atoms with Gasteiger partial charge in [-0.1, -0.05) is 19.8 Å². The second-order valence-electron chi connectivity index (χ2n) is 7.02. The second-order valence-corrected chi connectivity index (χ2v) is 7.02. The fraction of sp³-hybridized carbons (Fsp3) is 0.882. The summed E-state index contributed by atoms with van der Waals surface area (Å²) in [4.78, 5) is 28.1. The van der Waals surface area contributed by atoms with Crippen molar-refractivity contribution in [3.63, 3.8) is 0 Å². The molecular formula is C17H32N4O3. The topological polar surface area (TPSA) is 73.9 Å². The number of nitrogens with zero attached hydrogens (tertiary/aromatic N) is 2. The normalized spacial score (nSPS) is 25.3. The summed E-state index contributed by atoms with van der Waals surface area (Å²) in [6.45, 7) is 6.54. The van der Waals surface area contributed by atoms with Gasteiger partial charge in [0.2, 0.25) is 5.91 Å². The van der Waals surface area contributed by atoms with Gasteiger partial charge in [-0.05, 0) is 18.8 Å². The third kappa shape index (κ3) is 6.28. The Morgan fingerprint density at radius 2 is 1.92 bits per heavy atom. The lowest BCUT2D eigenvalue weighted by Gasteiger charge is -2.35. The van der Waals surface area contributed by atoms with Crippen molar-refractivity contribution >= 4 is 11.9 Å². The molecule has 0 unspecified atom stereocenters. The van der Waals surface area contributed by atoms with E-state index in [2.05, 4.69) is 22.5 Å². The van der Waals surface area contributed by atoms with Crippen LogP contribution in [0.1, 0.15) is 32.6 Å². The highest BCUT2D eigenvalue weighted by atomic mass is 16.5. The number of ether oxygens (including phenoxy) is 1. The van der Waals surface area contributed by atoms with Gasteiger partial charge in [0.05, 0.1) is 13.2 Å². The third-order valence-corrected chi connectivity index (χ3v) is 4.91. The number of nitrogens with one attached hydrogen (secondary N) is 2. The molecule has 1 saturated carbocycles. The van der Waals surface area contributed by atoms with E-state index in [4.69, 9.17) is 4.74 Å². The van der Waals surface area contributed by atoms with Crippen molar-refractivity contribution in [1.82, 2.24) is 20.4 Å². The number of amides is 3. The minimum absolute atomic E-state index is 0.0488. The number of carbonyl (C=O) groups is 2. The predicted molar refractivity (Wildman–Crippen MR) is 92.9 cm³/mol. The maximum atomic E-state index is 12.2. The van der Waals surface area contributed by atoms with Crippen molar-refractivity contribution < 1.29 is 14.3 Å². The van der Waals surface area contributed by atoms with Gasteiger partial charge in [0.25, 0.3) is 0 Å². The van der Waals surface area contributed by atoms with Gasteiger partial charge in [0, 0.05) is 45.9 Å². The van der Waals surface area contributed by atoms with Crippen LogP contribution in [-0.2, 0) is 9.53 Å². The Hall–Kier alpha value is -1.34. The van der Waals surface area contributed by atoms with E-state index >= 15 is 0 Å². The van der Waals surface area contributed by atoms with Crippen LogP contribution in [0, 0.1) is 5.92 Å². The monoisotopic (exact) mass is 340 g/mol. The molecule has 138 valence electrons. The van der Waals surface area contributed by atoms with Crippen LogP contribution in [0.25, 0.3) is 0 Å². The molecule has 2 atom stereocenters. The van der Waals surface area contributed by atoms with E-state index < -0.39 is 0 Å². The van der Waals surface area contributed by atoms with E-state index in [1.807, 2.05) is 0 Å². The molecule has 1 heterocycles. The standard InChI is InChI=1S/C17H32N4O3/c1-14-4-3-5-15(12-14)19-16(22)13-20-7-9-21(10-8-20)17(23)18-6-11-24-2/h14-15H,3-13H2,1-2H3,(H,18,23)(H,19,22)/t14-,15+/m1/s1. The molecule has 1 aliphatic heterocycles. The highest BCUT2D eigenvalue weighted by Crippen LogP contribution is 2.23. The Balaban J connectivity index is 1.63. The van der Waals surface area contributed by atoms with Crippen LogP contribution >= 0.6 is 0 Å². The van der Waals surface area contributed by atoms with Gasteiger partial charge < -0.3 is 20.3 Å². The predicted octanol–water partition coefficient (Wildman–Crippen LogP) is 0.655. The molecule has 0 aromatic heterocycles. The molecular weight excluding hydrogens is 308 g/mol. The summed E-state index contributed by atoms with van der Waals surface area (Å²) >= 11 is 0. The van der Waals surface area contributed by atoms with Crippen LogP contribution in [0.3, 0.4) is 0 Å². The van der Waals surface area contributed by atoms with Crippen molar-refractivity contribution in [3.8, 4) is 0 Å². The molecule has 7 heteroatoms. The van der Waals surface area contributed by atoms with Crippen molar-refractivity contribution in [2.75, 3.05) is 53.0 Å². The average Bonchev–Trinajstić information content (AvgIpc) is 2.55. The van der Waals surface area contributed by atoms with E-state index in [1.54, 1.807) is 12.0 Å². The minimum Gasteiger partial charge on any atom is -0.383 e. The van der Waals surface area contributed by atoms with E-state index in [1.165, 1.54) is 12.8 Å². The quantitative estimate of drug-likeness (QED) is 0.697. The molecule has 0 bridgehead atoms. The summed E-state index contributed by atoms with van der Waals surface area (Å²) in [5, 5.41) is 6.01. The van der Waals surface area contributed by atoms with Gasteiger partial charge in [-0.25, -0.2) is 4.79 Å². The lowest BCUT2D eigenvalue weighted by atomic mass is 9.87. The molecule has 0 radical (unpaired) electrons. The lowest BCUT2D eigenvalue weighted by molar-refractivity contribution is -0.123. The number of hydrogen-bond donors (Lipinski definition) is 2. The van der Waals surface area contributed by atoms with E-state index in [0.29, 0.717) is 44.7 Å². The fourth-order valence-corrected chi connectivity index (χ4v) is 3.52. The highest BCUT2D eigenvalue weighted by Gasteiger charge is 2.24. The minimum atomic E-state index is -0.0488. The summed E-state index contributed by atoms with van der Waals surface area (Å²) in [5.41, 5.74) is 0. The van der Waals surface area contributed by atoms with Gasteiger partial charge in [-0.15, -0.1) is 0 Å². The molecule has 1 saturated heterocycles. The Morgan fingerprint density at radius 3 is 2.58 bits per heavy atom. The molecule has 2 rings (SSSR count). The molecule has 1 aliphatic carbocycles. The van der Waals surface area contributed by atoms with Gasteiger partial charge in [0.15, 0.2) is 0 Å². The zero-order valence-electron chi connectivity index (χ0n) is 15.1. The molecule has 24 heavy (non-hydrogen) atoms. The van der Waals surface area contributed by atoms with E-state index in [0.717, 1.165) is 25.9 Å². The molecule has 7 nitrogen and oxygen atoms in total. The first-order valence-electron chi connectivity index (χ1n) is 9.12. The Morgan fingerprint density at radius 1 is 1.17 bits per heavy atom. The zero-order chi connectivity index (χ0) is 17.4. The van der Waals surface area contributed by atoms with E-state index in [-0.39, 0.29) is 11.9 Å². The smallest absolute Gasteiger partial charge is 0.317 e. The first kappa shape index (κ1) is 19.0. The largest absolute Gasteiger partial charge is 0.383 e. The number of hydrogen-bond acceptors (Lipinski definition) is 4. The Kier molecular flexibility index (Phi) is 7.78. The number of carbonyl (C=O) groups excluding carboxylic acids is 2. The number of rotatable bonds is 6. The molecule has 3 amide bonds. The van der Waals surface area contributed by atoms with Crippen molar-refractivity contribution in [1.29, 1.82) is 0 Å². The van der Waals surface area contributed by atoms with E-state index in [9.17, 15) is 9.59 Å². The van der Waals surface area contributed by atoms with Crippen LogP contribution in [-0.4, -0.2) is 80.8 Å². The summed E-state index contributed by atoms with van der Waals surface area (Å²) in [6.07, 6.45) is 4.69. The van der Waals surface area contributed by atoms with Crippen LogP contribution in [0.15, 0.2) is 0 Å². The molecule has 2 fully saturated rings. The van der Waals surface area contributed by atoms with Gasteiger partial charge in [-0.2, -0.15) is 0 Å². The first-order valence-corrected chi connectivity index (χ1v) is 9.12. The lowest BCUT2D eigenvalue weighted by Crippen LogP contribution is -2.54. The number of urea groups is 1. The van der Waals surface area contributed by atoms with Gasteiger partial charge in [0.1, 0.15) is 0 Å². The number of methoxy groups -OCH3 is 1. The van der Waals surface area contributed by atoms with Crippen LogP contribution < -0.4 is 10.6 Å². The maximum absolute atomic E-state index is 12.2. The molecule has 2 N–H and O–H groups in total. The first-order chi connectivity index (χ1) is 11.6.